The van der Waals surface area contributed by atoms with Crippen LogP contribution in [-0.2, 0) is 20.7 Å². The van der Waals surface area contributed by atoms with Crippen molar-refractivity contribution in [3.8, 4) is 5.75 Å². The van der Waals surface area contributed by atoms with Crippen LogP contribution < -0.4 is 10.1 Å². The molecule has 0 radical (unpaired) electrons. The summed E-state index contributed by atoms with van der Waals surface area (Å²) in [6.07, 6.45) is 0.495. The van der Waals surface area contributed by atoms with Crippen LogP contribution >= 0.6 is 35.0 Å². The number of carbonyl (C=O) groups is 3. The van der Waals surface area contributed by atoms with Crippen LogP contribution in [0.4, 0.5) is 0 Å². The molecule has 2 aliphatic rings. The molecule has 142 valence electrons. The number of carboxylic acids is 1. The molecule has 27 heavy (non-hydrogen) atoms. The zero-order valence-electron chi connectivity index (χ0n) is 13.9. The predicted octanol–water partition coefficient (Wildman–Crippen LogP) is 3.15. The number of nitrogens with one attached hydrogen (secondary N) is 1. The van der Waals surface area contributed by atoms with Gasteiger partial charge in [0.2, 0.25) is 5.78 Å². The van der Waals surface area contributed by atoms with E-state index >= 15 is 0 Å². The molecule has 3 rings (SSSR count). The Hall–Kier alpha value is -2.16. The molecule has 7 nitrogen and oxygen atoms in total. The Labute approximate surface area is 168 Å². The van der Waals surface area contributed by atoms with Gasteiger partial charge in [0.25, 0.3) is 0 Å². The van der Waals surface area contributed by atoms with Gasteiger partial charge in [-0.05, 0) is 18.4 Å². The van der Waals surface area contributed by atoms with Gasteiger partial charge in [0.15, 0.2) is 6.10 Å². The fourth-order valence-corrected chi connectivity index (χ4v) is 3.83. The van der Waals surface area contributed by atoms with Crippen LogP contribution in [0.1, 0.15) is 22.8 Å². The highest BCUT2D eigenvalue weighted by atomic mass is 35.5. The number of ether oxygens (including phenoxy) is 2. The summed E-state index contributed by atoms with van der Waals surface area (Å²) in [6, 6.07) is 1.40. The molecule has 1 unspecified atom stereocenters. The fourth-order valence-electron chi connectivity index (χ4n) is 2.63. The maximum atomic E-state index is 13.1. The maximum absolute atomic E-state index is 13.1. The second kappa shape index (κ2) is 7.84. The van der Waals surface area contributed by atoms with Crippen molar-refractivity contribution < 1.29 is 29.0 Å². The molecule has 0 fully saturated rings. The molecule has 1 aromatic rings. The van der Waals surface area contributed by atoms with E-state index < -0.39 is 23.8 Å². The van der Waals surface area contributed by atoms with Crippen LogP contribution in [0, 0.1) is 0 Å². The Bertz CT molecular complexity index is 901. The van der Waals surface area contributed by atoms with Crippen molar-refractivity contribution in [2.24, 2.45) is 0 Å². The van der Waals surface area contributed by atoms with Crippen molar-refractivity contribution in [2.45, 2.75) is 19.4 Å². The summed E-state index contributed by atoms with van der Waals surface area (Å²) in [5.74, 6) is -2.50. The molecule has 0 aliphatic carbocycles. The first-order chi connectivity index (χ1) is 12.8. The molecule has 0 amide bonds. The standard InChI is InChI=1S/C17H13Cl2NO6S/c1-2-25-17(24)10(15-20-3-4-27-15)13(21)8-5-7-6-9(16(22)23)26-14(7)12(19)11(8)18/h3-5,9,20H,2,6H2,1H3,(H,22,23)/b15-10-. The van der Waals surface area contributed by atoms with Crippen molar-refractivity contribution in [1.29, 1.82) is 0 Å². The second-order valence-electron chi connectivity index (χ2n) is 5.51. The number of halogens is 2. The monoisotopic (exact) mass is 429 g/mol. The number of benzene rings is 1. The average Bonchev–Trinajstić information content (AvgIpc) is 3.28. The Kier molecular flexibility index (Phi) is 5.69. The number of rotatable bonds is 5. The summed E-state index contributed by atoms with van der Waals surface area (Å²) in [7, 11) is 0. The number of thioether (sulfide) groups is 1. The van der Waals surface area contributed by atoms with Crippen molar-refractivity contribution in [2.75, 3.05) is 6.61 Å². The Morgan fingerprint density at radius 2 is 2.11 bits per heavy atom. The lowest BCUT2D eigenvalue weighted by Crippen LogP contribution is -2.24. The van der Waals surface area contributed by atoms with Gasteiger partial charge in [0.05, 0.1) is 16.7 Å². The molecule has 0 saturated carbocycles. The molecular weight excluding hydrogens is 417 g/mol. The van der Waals surface area contributed by atoms with Crippen molar-refractivity contribution in [1.82, 2.24) is 5.32 Å². The smallest absolute Gasteiger partial charge is 0.345 e. The average molecular weight is 430 g/mol. The van der Waals surface area contributed by atoms with Gasteiger partial charge in [-0.15, -0.1) is 0 Å². The lowest BCUT2D eigenvalue weighted by Gasteiger charge is -2.13. The largest absolute Gasteiger partial charge is 0.478 e. The number of carboxylic acid groups (broad SMARTS) is 1. The molecule has 2 heterocycles. The van der Waals surface area contributed by atoms with E-state index in [0.29, 0.717) is 10.6 Å². The number of aliphatic carboxylic acids is 1. The summed E-state index contributed by atoms with van der Waals surface area (Å²) in [6.45, 7) is 1.72. The van der Waals surface area contributed by atoms with Crippen LogP contribution in [0.3, 0.4) is 0 Å². The van der Waals surface area contributed by atoms with E-state index in [-0.39, 0.29) is 40.0 Å². The van der Waals surface area contributed by atoms with Gasteiger partial charge >= 0.3 is 11.9 Å². The van der Waals surface area contributed by atoms with Gasteiger partial charge < -0.3 is 19.9 Å². The summed E-state index contributed by atoms with van der Waals surface area (Å²) in [5.41, 5.74) is 0.192. The third kappa shape index (κ3) is 3.65. The highest BCUT2D eigenvalue weighted by Crippen LogP contribution is 2.43. The lowest BCUT2D eigenvalue weighted by atomic mass is 9.99. The van der Waals surface area contributed by atoms with Crippen molar-refractivity contribution in [3.63, 3.8) is 0 Å². The molecule has 1 atom stereocenters. The molecule has 1 aromatic carbocycles. The fraction of sp³-hybridized carbons (Fsp3) is 0.235. The van der Waals surface area contributed by atoms with E-state index in [1.807, 2.05) is 0 Å². The highest BCUT2D eigenvalue weighted by Gasteiger charge is 2.35. The van der Waals surface area contributed by atoms with Crippen molar-refractivity contribution >= 4 is 52.7 Å². The summed E-state index contributed by atoms with van der Waals surface area (Å²) >= 11 is 13.6. The van der Waals surface area contributed by atoms with Gasteiger partial charge in [-0.2, -0.15) is 0 Å². The topological polar surface area (TPSA) is 102 Å². The number of ketones is 1. The number of carbonyl (C=O) groups excluding carboxylic acids is 2. The molecule has 0 spiro atoms. The van der Waals surface area contributed by atoms with E-state index in [9.17, 15) is 14.4 Å². The lowest BCUT2D eigenvalue weighted by molar-refractivity contribution is -0.144. The van der Waals surface area contributed by atoms with E-state index in [1.54, 1.807) is 18.5 Å². The normalized spacial score (nSPS) is 19.1. The van der Waals surface area contributed by atoms with E-state index in [4.69, 9.17) is 37.8 Å². The van der Waals surface area contributed by atoms with Gasteiger partial charge in [-0.1, -0.05) is 35.0 Å². The van der Waals surface area contributed by atoms with E-state index in [0.717, 1.165) is 11.8 Å². The number of hydrogen-bond donors (Lipinski definition) is 2. The van der Waals surface area contributed by atoms with Crippen LogP contribution in [-0.4, -0.2) is 35.5 Å². The summed E-state index contributed by atoms with van der Waals surface area (Å²) in [4.78, 5) is 36.6. The van der Waals surface area contributed by atoms with E-state index in [1.165, 1.54) is 6.07 Å². The summed E-state index contributed by atoms with van der Waals surface area (Å²) < 4.78 is 10.3. The third-order valence-electron chi connectivity index (χ3n) is 3.83. The molecule has 2 N–H and O–H groups in total. The number of Topliss-reactive ketones (excluding diaryl/α,β-unsaturated/α-hetero) is 1. The molecule has 0 aromatic heterocycles. The summed E-state index contributed by atoms with van der Waals surface area (Å²) in [5, 5.41) is 13.7. The quantitative estimate of drug-likeness (QED) is 0.242. The molecule has 0 bridgehead atoms. The Morgan fingerprint density at radius 3 is 2.70 bits per heavy atom. The third-order valence-corrected chi connectivity index (χ3v) is 5.51. The Balaban J connectivity index is 2.05. The van der Waals surface area contributed by atoms with Crippen LogP contribution in [0.25, 0.3) is 0 Å². The van der Waals surface area contributed by atoms with Gasteiger partial charge in [-0.3, -0.25) is 4.79 Å². The maximum Gasteiger partial charge on any atom is 0.345 e. The van der Waals surface area contributed by atoms with Gasteiger partial charge in [-0.25, -0.2) is 9.59 Å². The zero-order chi connectivity index (χ0) is 19.7. The van der Waals surface area contributed by atoms with Crippen LogP contribution in [0.2, 0.25) is 10.0 Å². The first-order valence-electron chi connectivity index (χ1n) is 7.79. The van der Waals surface area contributed by atoms with Crippen molar-refractivity contribution in [3.05, 3.63) is 49.4 Å². The molecule has 2 aliphatic heterocycles. The molecular formula is C17H13Cl2NO6S. The highest BCUT2D eigenvalue weighted by molar-refractivity contribution is 8.06. The first-order valence-corrected chi connectivity index (χ1v) is 9.43. The number of hydrogen-bond acceptors (Lipinski definition) is 7. The number of fused-ring (bicyclic) bond motifs is 1. The minimum absolute atomic E-state index is 0.0279. The van der Waals surface area contributed by atoms with Crippen LogP contribution in [0.5, 0.6) is 5.75 Å². The van der Waals surface area contributed by atoms with Crippen LogP contribution in [0.15, 0.2) is 28.3 Å². The minimum Gasteiger partial charge on any atom is -0.478 e. The van der Waals surface area contributed by atoms with Gasteiger partial charge in [0.1, 0.15) is 16.3 Å². The molecule has 0 saturated heterocycles. The van der Waals surface area contributed by atoms with E-state index in [2.05, 4.69) is 5.32 Å². The first kappa shape index (κ1) is 19.6. The Morgan fingerprint density at radius 1 is 1.37 bits per heavy atom. The second-order valence-corrected chi connectivity index (χ2v) is 7.18. The SMILES string of the molecule is CCOC(=O)/C(C(=O)c1cc2c(c(Cl)c1Cl)OC(C(=O)O)C2)=C1/NC=CS1. The zero-order valence-corrected chi connectivity index (χ0v) is 16.2. The van der Waals surface area contributed by atoms with Gasteiger partial charge in [0, 0.05) is 23.7 Å². The minimum atomic E-state index is -1.15. The predicted molar refractivity (Wildman–Crippen MR) is 100 cm³/mol. The molecule has 10 heteroatoms. The number of esters is 1.